The van der Waals surface area contributed by atoms with Gasteiger partial charge >= 0.3 is 0 Å². The van der Waals surface area contributed by atoms with Gasteiger partial charge in [0.2, 0.25) is 0 Å². The van der Waals surface area contributed by atoms with Crippen molar-refractivity contribution in [1.29, 1.82) is 0 Å². The Hall–Kier alpha value is -0.530. The molecule has 1 aromatic carbocycles. The van der Waals surface area contributed by atoms with Crippen LogP contribution >= 0.6 is 22.6 Å². The highest BCUT2D eigenvalue weighted by molar-refractivity contribution is 14.1. The van der Waals surface area contributed by atoms with Crippen molar-refractivity contribution in [2.75, 3.05) is 5.73 Å². The lowest BCUT2D eigenvalue weighted by atomic mass is 10.3. The molecule has 0 heterocycles. The standard InChI is InChI=1S/C6H2F4IN/c7-1-2(8)5(11)4(10)6(12)3(1)9/h12H2. The lowest BCUT2D eigenvalue weighted by Gasteiger charge is -2.03. The summed E-state index contributed by atoms with van der Waals surface area (Å²) in [6, 6.07) is 0. The van der Waals surface area contributed by atoms with Gasteiger partial charge in [0.25, 0.3) is 0 Å². The van der Waals surface area contributed by atoms with E-state index < -0.39 is 32.5 Å². The number of hydrogen-bond donors (Lipinski definition) is 1. The summed E-state index contributed by atoms with van der Waals surface area (Å²) in [6.07, 6.45) is 0. The Kier molecular flexibility index (Phi) is 2.45. The van der Waals surface area contributed by atoms with Gasteiger partial charge in [-0.3, -0.25) is 0 Å². The van der Waals surface area contributed by atoms with Crippen LogP contribution in [-0.4, -0.2) is 0 Å². The molecule has 0 saturated carbocycles. The first-order valence-electron chi connectivity index (χ1n) is 2.73. The van der Waals surface area contributed by atoms with Crippen molar-refractivity contribution in [1.82, 2.24) is 0 Å². The third kappa shape index (κ3) is 1.23. The van der Waals surface area contributed by atoms with Crippen LogP contribution in [0.15, 0.2) is 0 Å². The zero-order valence-electron chi connectivity index (χ0n) is 5.47. The molecule has 0 aliphatic heterocycles. The van der Waals surface area contributed by atoms with Crippen molar-refractivity contribution in [3.63, 3.8) is 0 Å². The minimum Gasteiger partial charge on any atom is -0.394 e. The highest BCUT2D eigenvalue weighted by Crippen LogP contribution is 2.26. The molecule has 0 bridgehead atoms. The second-order valence-corrected chi connectivity index (χ2v) is 3.06. The Morgan fingerprint density at radius 3 is 1.83 bits per heavy atom. The number of hydrogen-bond acceptors (Lipinski definition) is 1. The van der Waals surface area contributed by atoms with Gasteiger partial charge in [-0.15, -0.1) is 0 Å². The van der Waals surface area contributed by atoms with Crippen molar-refractivity contribution in [2.45, 2.75) is 0 Å². The number of anilines is 1. The van der Waals surface area contributed by atoms with E-state index in [1.807, 2.05) is 0 Å². The molecule has 66 valence electrons. The van der Waals surface area contributed by atoms with E-state index >= 15 is 0 Å². The monoisotopic (exact) mass is 291 g/mol. The number of rotatable bonds is 0. The molecule has 2 N–H and O–H groups in total. The molecule has 0 atom stereocenters. The topological polar surface area (TPSA) is 26.0 Å². The highest BCUT2D eigenvalue weighted by Gasteiger charge is 2.21. The first kappa shape index (κ1) is 9.56. The van der Waals surface area contributed by atoms with Crippen LogP contribution in [0.4, 0.5) is 23.2 Å². The van der Waals surface area contributed by atoms with E-state index in [4.69, 9.17) is 5.73 Å². The summed E-state index contributed by atoms with van der Waals surface area (Å²) in [4.78, 5) is 0. The third-order valence-corrected chi connectivity index (χ3v) is 2.19. The fourth-order valence-electron chi connectivity index (χ4n) is 0.622. The summed E-state index contributed by atoms with van der Waals surface area (Å²) in [6.45, 7) is 0. The molecule has 1 aromatic rings. The number of benzene rings is 1. The minimum absolute atomic E-state index is 0.649. The maximum Gasteiger partial charge on any atom is 0.197 e. The normalized spacial score (nSPS) is 10.4. The average molecular weight is 291 g/mol. The van der Waals surface area contributed by atoms with Crippen molar-refractivity contribution < 1.29 is 17.6 Å². The SMILES string of the molecule is Nc1c(F)c(F)c(F)c(I)c1F. The largest absolute Gasteiger partial charge is 0.394 e. The molecule has 6 heteroatoms. The average Bonchev–Trinajstić information content (AvgIpc) is 2.08. The summed E-state index contributed by atoms with van der Waals surface area (Å²) in [5, 5.41) is 0. The number of nitrogens with two attached hydrogens (primary N) is 1. The first-order chi connectivity index (χ1) is 5.46. The maximum atomic E-state index is 12.7. The molecule has 0 fully saturated rings. The van der Waals surface area contributed by atoms with Crippen molar-refractivity contribution in [3.05, 3.63) is 26.8 Å². The van der Waals surface area contributed by atoms with Crippen LogP contribution in [0.25, 0.3) is 0 Å². The molecule has 0 spiro atoms. The van der Waals surface area contributed by atoms with Gasteiger partial charge in [0.05, 0.1) is 3.57 Å². The molecular weight excluding hydrogens is 289 g/mol. The van der Waals surface area contributed by atoms with Gasteiger partial charge in [-0.1, -0.05) is 0 Å². The van der Waals surface area contributed by atoms with Gasteiger partial charge < -0.3 is 5.73 Å². The quantitative estimate of drug-likeness (QED) is 0.257. The Bertz CT molecular complexity index is 234. The van der Waals surface area contributed by atoms with Crippen molar-refractivity contribution in [2.24, 2.45) is 0 Å². The zero-order valence-corrected chi connectivity index (χ0v) is 7.62. The van der Waals surface area contributed by atoms with Crippen LogP contribution in [0.2, 0.25) is 0 Å². The van der Waals surface area contributed by atoms with E-state index in [0.717, 1.165) is 0 Å². The Labute approximate surface area is 78.7 Å². The van der Waals surface area contributed by atoms with E-state index in [9.17, 15) is 17.6 Å². The van der Waals surface area contributed by atoms with E-state index in [1.54, 1.807) is 0 Å². The fourth-order valence-corrected chi connectivity index (χ4v) is 1.15. The van der Waals surface area contributed by atoms with E-state index in [1.165, 1.54) is 22.6 Å². The summed E-state index contributed by atoms with van der Waals surface area (Å²) < 4.78 is 49.4. The van der Waals surface area contributed by atoms with Gasteiger partial charge in [-0.25, -0.2) is 17.6 Å². The number of halogens is 5. The first-order valence-corrected chi connectivity index (χ1v) is 3.81. The van der Waals surface area contributed by atoms with E-state index in [2.05, 4.69) is 0 Å². The van der Waals surface area contributed by atoms with Gasteiger partial charge in [0, 0.05) is 0 Å². The molecule has 0 saturated heterocycles. The molecule has 1 rings (SSSR count). The van der Waals surface area contributed by atoms with Crippen LogP contribution < -0.4 is 5.73 Å². The third-order valence-electron chi connectivity index (χ3n) is 1.24. The predicted octanol–water partition coefficient (Wildman–Crippen LogP) is 2.43. The summed E-state index contributed by atoms with van der Waals surface area (Å²) >= 11 is 1.20. The van der Waals surface area contributed by atoms with Crippen molar-refractivity contribution >= 4 is 28.3 Å². The molecule has 0 amide bonds. The predicted molar refractivity (Wildman–Crippen MR) is 43.4 cm³/mol. The van der Waals surface area contributed by atoms with Crippen LogP contribution in [0.5, 0.6) is 0 Å². The van der Waals surface area contributed by atoms with Crippen LogP contribution in [0, 0.1) is 26.8 Å². The highest BCUT2D eigenvalue weighted by atomic mass is 127. The zero-order chi connectivity index (χ0) is 9.46. The Morgan fingerprint density at radius 2 is 1.33 bits per heavy atom. The van der Waals surface area contributed by atoms with Gasteiger partial charge in [-0.2, -0.15) is 0 Å². The Balaban J connectivity index is 3.60. The molecule has 1 nitrogen and oxygen atoms in total. The smallest absolute Gasteiger partial charge is 0.197 e. The minimum atomic E-state index is -1.75. The fraction of sp³-hybridized carbons (Fsp3) is 0. The molecule has 0 aromatic heterocycles. The van der Waals surface area contributed by atoms with E-state index in [-0.39, 0.29) is 0 Å². The number of nitrogen functional groups attached to an aromatic ring is 1. The van der Waals surface area contributed by atoms with Crippen molar-refractivity contribution in [3.8, 4) is 0 Å². The van der Waals surface area contributed by atoms with Gasteiger partial charge in [0.1, 0.15) is 5.69 Å². The molecule has 0 unspecified atom stereocenters. The van der Waals surface area contributed by atoms with E-state index in [0.29, 0.717) is 0 Å². The molecule has 0 aliphatic carbocycles. The summed E-state index contributed by atoms with van der Waals surface area (Å²) in [5.41, 5.74) is 3.79. The summed E-state index contributed by atoms with van der Waals surface area (Å²) in [5.74, 6) is -6.27. The maximum absolute atomic E-state index is 12.7. The van der Waals surface area contributed by atoms with Crippen LogP contribution in [0.1, 0.15) is 0 Å². The van der Waals surface area contributed by atoms with Gasteiger partial charge in [-0.05, 0) is 22.6 Å². The van der Waals surface area contributed by atoms with Gasteiger partial charge in [0.15, 0.2) is 23.3 Å². The molecule has 0 aliphatic rings. The lowest BCUT2D eigenvalue weighted by Crippen LogP contribution is -2.05. The summed E-state index contributed by atoms with van der Waals surface area (Å²) in [7, 11) is 0. The Morgan fingerprint density at radius 1 is 0.833 bits per heavy atom. The molecule has 0 radical (unpaired) electrons. The van der Waals surface area contributed by atoms with Crippen LogP contribution in [0.3, 0.4) is 0 Å². The molecular formula is C6H2F4IN. The second-order valence-electron chi connectivity index (χ2n) is 1.98. The second kappa shape index (κ2) is 3.08. The molecule has 12 heavy (non-hydrogen) atoms. The lowest BCUT2D eigenvalue weighted by molar-refractivity contribution is 0.433. The van der Waals surface area contributed by atoms with Crippen LogP contribution in [-0.2, 0) is 0 Å².